The van der Waals surface area contributed by atoms with Gasteiger partial charge in [0.2, 0.25) is 0 Å². The minimum atomic E-state index is -3.79. The van der Waals surface area contributed by atoms with Crippen molar-refractivity contribution in [1.82, 2.24) is 5.32 Å². The third-order valence-electron chi connectivity index (χ3n) is 4.09. The fourth-order valence-electron chi connectivity index (χ4n) is 2.69. The number of carbonyl (C=O) groups excluding carboxylic acids is 1. The molecule has 28 heavy (non-hydrogen) atoms. The van der Waals surface area contributed by atoms with Gasteiger partial charge in [0, 0.05) is 23.8 Å². The number of aryl methyl sites for hydroxylation is 1. The van der Waals surface area contributed by atoms with E-state index in [1.807, 2.05) is 19.1 Å². The van der Waals surface area contributed by atoms with Crippen molar-refractivity contribution in [3.05, 3.63) is 59.7 Å². The quantitative estimate of drug-likeness (QED) is 0.603. The number of hydrogen-bond donors (Lipinski definition) is 3. The summed E-state index contributed by atoms with van der Waals surface area (Å²) in [5.74, 6) is 0.0581. The third kappa shape index (κ3) is 6.82. The van der Waals surface area contributed by atoms with Crippen LogP contribution < -0.4 is 15.8 Å². The summed E-state index contributed by atoms with van der Waals surface area (Å²) in [5.41, 5.74) is 7.51. The van der Waals surface area contributed by atoms with Crippen LogP contribution in [0.25, 0.3) is 0 Å². The lowest BCUT2D eigenvalue weighted by molar-refractivity contribution is 0.0933. The molecule has 0 radical (unpaired) electrons. The fraction of sp³-hybridized carbons (Fsp3) is 0.350. The van der Waals surface area contributed by atoms with Gasteiger partial charge in [-0.3, -0.25) is 9.52 Å². The van der Waals surface area contributed by atoms with Crippen LogP contribution in [-0.4, -0.2) is 26.9 Å². The van der Waals surface area contributed by atoms with Gasteiger partial charge in [-0.25, -0.2) is 8.42 Å². The van der Waals surface area contributed by atoms with Gasteiger partial charge in [-0.15, -0.1) is 12.4 Å². The van der Waals surface area contributed by atoms with E-state index in [1.165, 1.54) is 12.1 Å². The summed E-state index contributed by atoms with van der Waals surface area (Å²) in [6.07, 6.45) is 0.759. The zero-order valence-corrected chi connectivity index (χ0v) is 17.9. The van der Waals surface area contributed by atoms with Gasteiger partial charge >= 0.3 is 0 Å². The zero-order valence-electron chi connectivity index (χ0n) is 16.3. The van der Waals surface area contributed by atoms with E-state index in [4.69, 9.17) is 5.73 Å². The first kappa shape index (κ1) is 23.9. The highest BCUT2D eigenvalue weighted by Gasteiger charge is 2.18. The number of halogens is 1. The number of nitrogens with two attached hydrogens (primary N) is 1. The summed E-state index contributed by atoms with van der Waals surface area (Å²) < 4.78 is 27.8. The first-order chi connectivity index (χ1) is 12.7. The van der Waals surface area contributed by atoms with Crippen molar-refractivity contribution in [2.75, 3.05) is 11.3 Å². The van der Waals surface area contributed by atoms with Gasteiger partial charge in [-0.1, -0.05) is 37.6 Å². The van der Waals surface area contributed by atoms with Gasteiger partial charge in [-0.05, 0) is 49.6 Å². The Morgan fingerprint density at radius 1 is 1.11 bits per heavy atom. The molecule has 2 rings (SSSR count). The van der Waals surface area contributed by atoms with Gasteiger partial charge in [0.1, 0.15) is 0 Å². The molecule has 0 heterocycles. The second-order valence-corrected chi connectivity index (χ2v) is 8.72. The Hall–Kier alpha value is -2.09. The van der Waals surface area contributed by atoms with E-state index >= 15 is 0 Å². The van der Waals surface area contributed by atoms with E-state index in [9.17, 15) is 13.2 Å². The maximum Gasteiger partial charge on any atom is 0.261 e. The van der Waals surface area contributed by atoms with Crippen molar-refractivity contribution in [2.24, 2.45) is 11.7 Å². The first-order valence-corrected chi connectivity index (χ1v) is 10.4. The van der Waals surface area contributed by atoms with Gasteiger partial charge in [0.25, 0.3) is 15.9 Å². The maximum absolute atomic E-state index is 12.6. The van der Waals surface area contributed by atoms with Gasteiger partial charge in [0.05, 0.1) is 4.90 Å². The molecule has 4 N–H and O–H groups in total. The normalized spacial score (nSPS) is 12.2. The highest BCUT2D eigenvalue weighted by molar-refractivity contribution is 7.92. The fourth-order valence-corrected chi connectivity index (χ4v) is 3.80. The van der Waals surface area contributed by atoms with Crippen LogP contribution in [0, 0.1) is 12.8 Å². The predicted octanol–water partition coefficient (Wildman–Crippen LogP) is 3.32. The molecule has 1 unspecified atom stereocenters. The molecular formula is C20H28ClN3O3S. The van der Waals surface area contributed by atoms with Gasteiger partial charge in [-0.2, -0.15) is 0 Å². The molecule has 0 aliphatic rings. The topological polar surface area (TPSA) is 101 Å². The van der Waals surface area contributed by atoms with Crippen molar-refractivity contribution < 1.29 is 13.2 Å². The number of nitrogens with one attached hydrogen (secondary N) is 2. The van der Waals surface area contributed by atoms with E-state index in [1.54, 1.807) is 24.3 Å². The number of sulfonamides is 1. The monoisotopic (exact) mass is 425 g/mol. The Kier molecular flexibility index (Phi) is 8.94. The molecule has 0 aromatic heterocycles. The molecule has 0 fully saturated rings. The molecule has 2 aromatic rings. The number of anilines is 1. The van der Waals surface area contributed by atoms with Gasteiger partial charge in [0.15, 0.2) is 0 Å². The van der Waals surface area contributed by atoms with Crippen LogP contribution in [0.15, 0.2) is 53.4 Å². The molecule has 6 nitrogen and oxygen atoms in total. The number of rotatable bonds is 8. The Morgan fingerprint density at radius 3 is 2.32 bits per heavy atom. The van der Waals surface area contributed by atoms with Crippen LogP contribution in [0.3, 0.4) is 0 Å². The maximum atomic E-state index is 12.6. The Labute approximate surface area is 173 Å². The summed E-state index contributed by atoms with van der Waals surface area (Å²) in [6.45, 7) is 6.36. The van der Waals surface area contributed by atoms with Crippen LogP contribution in [0.5, 0.6) is 0 Å². The predicted molar refractivity (Wildman–Crippen MR) is 115 cm³/mol. The van der Waals surface area contributed by atoms with Crippen LogP contribution in [0.1, 0.15) is 36.2 Å². The summed E-state index contributed by atoms with van der Waals surface area (Å²) in [7, 11) is -3.79. The molecule has 0 saturated heterocycles. The largest absolute Gasteiger partial charge is 0.348 e. The number of hydrogen-bond acceptors (Lipinski definition) is 4. The number of carbonyl (C=O) groups is 1. The summed E-state index contributed by atoms with van der Waals surface area (Å²) in [6, 6.07) is 12.9. The van der Waals surface area contributed by atoms with Crippen LogP contribution in [0.2, 0.25) is 0 Å². The Bertz CT molecular complexity index is 884. The molecule has 0 saturated carbocycles. The van der Waals surface area contributed by atoms with E-state index in [-0.39, 0.29) is 34.8 Å². The lowest BCUT2D eigenvalue weighted by atomic mass is 10.0. The smallest absolute Gasteiger partial charge is 0.261 e. The highest BCUT2D eigenvalue weighted by Crippen LogP contribution is 2.18. The standard InChI is InChI=1S/C20H27N3O3S.ClH/c1-14(2)11-18(13-21)22-20(24)16-5-4-6-19(12-16)27(25,26)23-17-9-7-15(3)8-10-17;/h4-10,12,14,18,23H,11,13,21H2,1-3H3,(H,22,24);1H. The molecule has 1 atom stereocenters. The highest BCUT2D eigenvalue weighted by atomic mass is 35.5. The van der Waals surface area contributed by atoms with Crippen LogP contribution >= 0.6 is 12.4 Å². The van der Waals surface area contributed by atoms with E-state index < -0.39 is 10.0 Å². The molecule has 1 amide bonds. The van der Waals surface area contributed by atoms with E-state index in [2.05, 4.69) is 23.9 Å². The molecule has 0 aliphatic heterocycles. The van der Waals surface area contributed by atoms with Crippen molar-refractivity contribution in [3.63, 3.8) is 0 Å². The molecule has 0 aliphatic carbocycles. The zero-order chi connectivity index (χ0) is 20.0. The minimum Gasteiger partial charge on any atom is -0.348 e. The second-order valence-electron chi connectivity index (χ2n) is 7.03. The lowest BCUT2D eigenvalue weighted by Crippen LogP contribution is -2.41. The summed E-state index contributed by atoms with van der Waals surface area (Å²) in [4.78, 5) is 12.5. The minimum absolute atomic E-state index is 0. The van der Waals surface area contributed by atoms with Crippen molar-refractivity contribution in [2.45, 2.75) is 38.1 Å². The Balaban J connectivity index is 0.00000392. The molecular weight excluding hydrogens is 398 g/mol. The molecule has 154 valence electrons. The van der Waals surface area contributed by atoms with Crippen molar-refractivity contribution >= 4 is 34.0 Å². The summed E-state index contributed by atoms with van der Waals surface area (Å²) >= 11 is 0. The average Bonchev–Trinajstić information content (AvgIpc) is 2.62. The lowest BCUT2D eigenvalue weighted by Gasteiger charge is -2.19. The summed E-state index contributed by atoms with van der Waals surface area (Å²) in [5, 5.41) is 2.87. The van der Waals surface area contributed by atoms with E-state index in [0.717, 1.165) is 12.0 Å². The molecule has 8 heteroatoms. The number of amides is 1. The van der Waals surface area contributed by atoms with E-state index in [0.29, 0.717) is 18.2 Å². The van der Waals surface area contributed by atoms with Crippen molar-refractivity contribution in [3.8, 4) is 0 Å². The molecule has 2 aromatic carbocycles. The van der Waals surface area contributed by atoms with Gasteiger partial charge < -0.3 is 11.1 Å². The van der Waals surface area contributed by atoms with Crippen LogP contribution in [0.4, 0.5) is 5.69 Å². The number of benzene rings is 2. The molecule has 0 spiro atoms. The Morgan fingerprint density at radius 2 is 1.75 bits per heavy atom. The molecule has 0 bridgehead atoms. The van der Waals surface area contributed by atoms with Crippen molar-refractivity contribution in [1.29, 1.82) is 0 Å². The SMILES string of the molecule is Cc1ccc(NS(=O)(=O)c2cccc(C(=O)NC(CN)CC(C)C)c2)cc1.Cl. The second kappa shape index (κ2) is 10.5. The first-order valence-electron chi connectivity index (χ1n) is 8.91. The van der Waals surface area contributed by atoms with Crippen LogP contribution in [-0.2, 0) is 10.0 Å². The average molecular weight is 426 g/mol. The third-order valence-corrected chi connectivity index (χ3v) is 5.46.